The van der Waals surface area contributed by atoms with Crippen LogP contribution in [0.25, 0.3) is 11.4 Å². The molecular formula is C25H26N4O4S. The zero-order valence-corrected chi connectivity index (χ0v) is 20.5. The van der Waals surface area contributed by atoms with Gasteiger partial charge in [-0.3, -0.25) is 14.2 Å². The molecule has 0 unspecified atom stereocenters. The molecule has 1 aromatic carbocycles. The van der Waals surface area contributed by atoms with Crippen molar-refractivity contribution in [2.75, 3.05) is 7.11 Å². The number of aromatic nitrogens is 4. The predicted octanol–water partition coefficient (Wildman–Crippen LogP) is 5.11. The highest BCUT2D eigenvalue weighted by molar-refractivity contribution is 8.00. The molecule has 34 heavy (non-hydrogen) atoms. The second-order valence-corrected chi connectivity index (χ2v) is 9.29. The molecule has 0 saturated heterocycles. The quantitative estimate of drug-likeness (QED) is 0.263. The number of nitrogens with one attached hydrogen (secondary N) is 1. The van der Waals surface area contributed by atoms with Gasteiger partial charge in [0.05, 0.1) is 36.4 Å². The van der Waals surface area contributed by atoms with E-state index in [-0.39, 0.29) is 11.6 Å². The molecule has 0 bridgehead atoms. The minimum absolute atomic E-state index is 0.0646. The van der Waals surface area contributed by atoms with E-state index in [0.717, 1.165) is 11.3 Å². The molecule has 0 amide bonds. The number of aryl methyl sites for hydroxylation is 1. The van der Waals surface area contributed by atoms with Crippen LogP contribution in [0.1, 0.15) is 51.7 Å². The molecule has 4 aromatic rings. The fraction of sp³-hybridized carbons (Fsp3) is 0.280. The first-order valence-electron chi connectivity index (χ1n) is 10.8. The molecule has 8 nitrogen and oxygen atoms in total. The number of ether oxygens (including phenoxy) is 1. The van der Waals surface area contributed by atoms with Gasteiger partial charge >= 0.3 is 0 Å². The summed E-state index contributed by atoms with van der Waals surface area (Å²) in [5.74, 6) is 1.85. The Morgan fingerprint density at radius 2 is 1.94 bits per heavy atom. The molecule has 1 atom stereocenters. The first kappa shape index (κ1) is 23.6. The Bertz CT molecular complexity index is 1340. The van der Waals surface area contributed by atoms with E-state index >= 15 is 0 Å². The van der Waals surface area contributed by atoms with Gasteiger partial charge in [0, 0.05) is 11.3 Å². The molecule has 176 valence electrons. The lowest BCUT2D eigenvalue weighted by molar-refractivity contribution is 0.0988. The third-order valence-corrected chi connectivity index (χ3v) is 6.73. The van der Waals surface area contributed by atoms with Gasteiger partial charge in [0.2, 0.25) is 0 Å². The lowest BCUT2D eigenvalue weighted by atomic mass is 10.0. The number of carbonyl (C=O) groups excluding carboxylic acids is 2. The average molecular weight is 479 g/mol. The van der Waals surface area contributed by atoms with E-state index in [1.165, 1.54) is 18.7 Å². The van der Waals surface area contributed by atoms with Gasteiger partial charge in [-0.25, -0.2) is 0 Å². The highest BCUT2D eigenvalue weighted by Crippen LogP contribution is 2.33. The first-order valence-corrected chi connectivity index (χ1v) is 11.7. The molecule has 0 spiro atoms. The standard InChI is InChI=1S/C25H26N4O4S/c1-14-21(16(3)30)15(2)26-22(14)23(31)17(4)34-25-28-27-24(19-10-6-7-11-20(19)32-5)29(25)13-18-9-8-12-33-18/h6-12,17,26H,13H2,1-5H3/t17-/m1/s1. The van der Waals surface area contributed by atoms with Gasteiger partial charge in [0.25, 0.3) is 0 Å². The van der Waals surface area contributed by atoms with Crippen molar-refractivity contribution in [2.24, 2.45) is 0 Å². The molecule has 0 aliphatic heterocycles. The number of aromatic amines is 1. The van der Waals surface area contributed by atoms with Crippen molar-refractivity contribution in [3.63, 3.8) is 0 Å². The van der Waals surface area contributed by atoms with E-state index in [0.29, 0.717) is 45.8 Å². The molecule has 0 aliphatic rings. The zero-order chi connectivity index (χ0) is 24.4. The highest BCUT2D eigenvalue weighted by atomic mass is 32.2. The average Bonchev–Trinajstić information content (AvgIpc) is 3.53. The Kier molecular flexibility index (Phi) is 6.74. The van der Waals surface area contributed by atoms with E-state index in [1.807, 2.05) is 47.9 Å². The maximum Gasteiger partial charge on any atom is 0.192 e. The number of furan rings is 1. The van der Waals surface area contributed by atoms with E-state index < -0.39 is 5.25 Å². The monoisotopic (exact) mass is 478 g/mol. The summed E-state index contributed by atoms with van der Waals surface area (Å²) in [6, 6.07) is 11.3. The molecule has 9 heteroatoms. The molecule has 0 saturated carbocycles. The van der Waals surface area contributed by atoms with Gasteiger partial charge in [-0.1, -0.05) is 23.9 Å². The number of hydrogen-bond donors (Lipinski definition) is 1. The van der Waals surface area contributed by atoms with Crippen LogP contribution in [-0.4, -0.2) is 43.7 Å². The van der Waals surface area contributed by atoms with E-state index in [4.69, 9.17) is 9.15 Å². The normalized spacial score (nSPS) is 12.0. The van der Waals surface area contributed by atoms with Crippen molar-refractivity contribution < 1.29 is 18.7 Å². The number of Topliss-reactive ketones (excluding diaryl/α,β-unsaturated/α-hetero) is 2. The van der Waals surface area contributed by atoms with Gasteiger partial charge in [-0.2, -0.15) is 0 Å². The SMILES string of the molecule is COc1ccccc1-c1nnc(S[C@H](C)C(=O)c2[nH]c(C)c(C(C)=O)c2C)n1Cc1ccco1. The number of thioether (sulfide) groups is 1. The van der Waals surface area contributed by atoms with Crippen LogP contribution in [0.2, 0.25) is 0 Å². The van der Waals surface area contributed by atoms with Crippen molar-refractivity contribution in [3.05, 3.63) is 70.9 Å². The van der Waals surface area contributed by atoms with Crippen molar-refractivity contribution >= 4 is 23.3 Å². The number of carbonyl (C=O) groups is 2. The van der Waals surface area contributed by atoms with Crippen molar-refractivity contribution in [1.29, 1.82) is 0 Å². The number of H-pyrrole nitrogens is 1. The number of nitrogens with zero attached hydrogens (tertiary/aromatic N) is 3. The van der Waals surface area contributed by atoms with Crippen molar-refractivity contribution in [3.8, 4) is 17.1 Å². The second kappa shape index (κ2) is 9.72. The van der Waals surface area contributed by atoms with Crippen LogP contribution in [0.3, 0.4) is 0 Å². The van der Waals surface area contributed by atoms with E-state index in [9.17, 15) is 9.59 Å². The van der Waals surface area contributed by atoms with Gasteiger partial charge in [0.1, 0.15) is 11.5 Å². The van der Waals surface area contributed by atoms with Crippen LogP contribution in [0.5, 0.6) is 5.75 Å². The maximum absolute atomic E-state index is 13.3. The third kappa shape index (κ3) is 4.43. The number of rotatable bonds is 9. The summed E-state index contributed by atoms with van der Waals surface area (Å²) >= 11 is 1.31. The summed E-state index contributed by atoms with van der Waals surface area (Å²) in [6.07, 6.45) is 1.62. The van der Waals surface area contributed by atoms with Crippen LogP contribution in [0, 0.1) is 13.8 Å². The fourth-order valence-corrected chi connectivity index (χ4v) is 4.95. The number of para-hydroxylation sites is 1. The smallest absolute Gasteiger partial charge is 0.192 e. The van der Waals surface area contributed by atoms with E-state index in [2.05, 4.69) is 15.2 Å². The fourth-order valence-electron chi connectivity index (χ4n) is 4.04. The van der Waals surface area contributed by atoms with Crippen LogP contribution in [0.4, 0.5) is 0 Å². The molecule has 4 rings (SSSR count). The minimum atomic E-state index is -0.471. The zero-order valence-electron chi connectivity index (χ0n) is 19.7. The lowest BCUT2D eigenvalue weighted by Crippen LogP contribution is -2.16. The van der Waals surface area contributed by atoms with Gasteiger partial charge in [0.15, 0.2) is 22.5 Å². The summed E-state index contributed by atoms with van der Waals surface area (Å²) in [4.78, 5) is 28.4. The number of hydrogen-bond acceptors (Lipinski definition) is 7. The number of ketones is 2. The van der Waals surface area contributed by atoms with Gasteiger partial charge < -0.3 is 14.1 Å². The second-order valence-electron chi connectivity index (χ2n) is 7.98. The van der Waals surface area contributed by atoms with Gasteiger partial charge in [-0.05, 0) is 57.5 Å². The van der Waals surface area contributed by atoms with E-state index in [1.54, 1.807) is 27.2 Å². The predicted molar refractivity (Wildman–Crippen MR) is 130 cm³/mol. The van der Waals surface area contributed by atoms with Gasteiger partial charge in [-0.15, -0.1) is 10.2 Å². The van der Waals surface area contributed by atoms with Crippen molar-refractivity contribution in [2.45, 2.75) is 44.6 Å². The summed E-state index contributed by atoms with van der Waals surface area (Å²) in [5, 5.41) is 8.93. The van der Waals surface area contributed by atoms with Crippen LogP contribution < -0.4 is 4.74 Å². The Morgan fingerprint density at radius 1 is 1.18 bits per heavy atom. The molecule has 3 aromatic heterocycles. The first-order chi connectivity index (χ1) is 16.3. The van der Waals surface area contributed by atoms with Crippen LogP contribution in [-0.2, 0) is 6.54 Å². The van der Waals surface area contributed by atoms with Crippen molar-refractivity contribution in [1.82, 2.24) is 19.7 Å². The maximum atomic E-state index is 13.3. The lowest BCUT2D eigenvalue weighted by Gasteiger charge is -2.13. The molecule has 3 heterocycles. The topological polar surface area (TPSA) is 103 Å². The molecule has 1 N–H and O–H groups in total. The molecule has 0 aliphatic carbocycles. The number of benzene rings is 1. The molecular weight excluding hydrogens is 452 g/mol. The van der Waals surface area contributed by atoms with Crippen LogP contribution >= 0.6 is 11.8 Å². The minimum Gasteiger partial charge on any atom is -0.496 e. The third-order valence-electron chi connectivity index (χ3n) is 5.65. The highest BCUT2D eigenvalue weighted by Gasteiger charge is 2.27. The van der Waals surface area contributed by atoms with Crippen LogP contribution in [0.15, 0.2) is 52.2 Å². The Morgan fingerprint density at radius 3 is 2.59 bits per heavy atom. The summed E-state index contributed by atoms with van der Waals surface area (Å²) in [7, 11) is 1.61. The largest absolute Gasteiger partial charge is 0.496 e. The Hall–Kier alpha value is -3.59. The molecule has 0 fully saturated rings. The Balaban J connectivity index is 1.69. The Labute approximate surface area is 201 Å². The summed E-state index contributed by atoms with van der Waals surface area (Å²) in [5.41, 5.74) is 3.18. The summed E-state index contributed by atoms with van der Waals surface area (Å²) < 4.78 is 13.0. The molecule has 0 radical (unpaired) electrons. The summed E-state index contributed by atoms with van der Waals surface area (Å²) in [6.45, 7) is 7.32. The number of methoxy groups -OCH3 is 1.